The van der Waals surface area contributed by atoms with Crippen LogP contribution in [0.25, 0.3) is 0 Å². The van der Waals surface area contributed by atoms with Gasteiger partial charge in [0.05, 0.1) is 30.7 Å². The molecule has 7 heteroatoms. The molecule has 0 aromatic heterocycles. The summed E-state index contributed by atoms with van der Waals surface area (Å²) in [6.45, 7) is 0. The molecule has 1 saturated heterocycles. The molecule has 1 aliphatic rings. The first kappa shape index (κ1) is 20.6. The molecule has 0 bridgehead atoms. The number of carbonyl (C=O) groups is 1. The maximum Gasteiger partial charge on any atom is 0.255 e. The number of carbonyl (C=O) groups excluding carboxylic acids is 1. The molecule has 3 aromatic carbocycles. The van der Waals surface area contributed by atoms with Crippen LogP contribution in [0.3, 0.4) is 0 Å². The average molecular weight is 420 g/mol. The normalized spacial score (nSPS) is 18.0. The van der Waals surface area contributed by atoms with Gasteiger partial charge in [-0.2, -0.15) is 0 Å². The summed E-state index contributed by atoms with van der Waals surface area (Å²) < 4.78 is 11.3. The second-order valence-electron chi connectivity index (χ2n) is 7.44. The number of benzene rings is 3. The average Bonchev–Trinajstić information content (AvgIpc) is 3.27. The molecule has 160 valence electrons. The van der Waals surface area contributed by atoms with Gasteiger partial charge in [-0.15, -0.1) is 0 Å². The van der Waals surface area contributed by atoms with Crippen LogP contribution in [0, 0.1) is 0 Å². The molecular formula is C24H24N2O5. The number of hydrogen-bond donors (Lipinski definition) is 4. The van der Waals surface area contributed by atoms with E-state index >= 15 is 0 Å². The quantitative estimate of drug-likeness (QED) is 0.356. The minimum atomic E-state index is -0.285. The van der Waals surface area contributed by atoms with Gasteiger partial charge in [0.1, 0.15) is 0 Å². The summed E-state index contributed by atoms with van der Waals surface area (Å²) in [5, 5.41) is 22.6. The lowest BCUT2D eigenvalue weighted by Crippen LogP contribution is -2.13. The molecule has 2 atom stereocenters. The number of para-hydroxylation sites is 2. The molecule has 0 saturated carbocycles. The number of phenols is 2. The number of nitrogen functional groups attached to an aromatic ring is 1. The van der Waals surface area contributed by atoms with Gasteiger partial charge < -0.3 is 30.7 Å². The molecule has 0 spiro atoms. The van der Waals surface area contributed by atoms with E-state index in [4.69, 9.17) is 15.2 Å². The SMILES string of the molecule is COc1cc(C2CCC(c3ccc(C(=O)Nc4ccccc4N)cc3)O2)cc(O)c1O. The molecule has 7 nitrogen and oxygen atoms in total. The minimum Gasteiger partial charge on any atom is -0.504 e. The first-order chi connectivity index (χ1) is 15.0. The van der Waals surface area contributed by atoms with Crippen LogP contribution in [0.2, 0.25) is 0 Å². The van der Waals surface area contributed by atoms with Crippen LogP contribution in [0.4, 0.5) is 11.4 Å². The Balaban J connectivity index is 1.44. The van der Waals surface area contributed by atoms with Crippen molar-refractivity contribution in [3.05, 3.63) is 77.4 Å². The lowest BCUT2D eigenvalue weighted by atomic mass is 10.0. The van der Waals surface area contributed by atoms with Gasteiger partial charge in [0.2, 0.25) is 5.75 Å². The summed E-state index contributed by atoms with van der Waals surface area (Å²) in [5.74, 6) is -0.555. The molecule has 5 N–H and O–H groups in total. The highest BCUT2D eigenvalue weighted by Gasteiger charge is 2.29. The van der Waals surface area contributed by atoms with Gasteiger partial charge in [0.15, 0.2) is 11.5 Å². The molecule has 31 heavy (non-hydrogen) atoms. The lowest BCUT2D eigenvalue weighted by molar-refractivity contribution is 0.0438. The number of amides is 1. The Labute approximate surface area is 180 Å². The fourth-order valence-corrected chi connectivity index (χ4v) is 3.74. The highest BCUT2D eigenvalue weighted by atomic mass is 16.5. The van der Waals surface area contributed by atoms with Crippen LogP contribution in [0.15, 0.2) is 60.7 Å². The third-order valence-electron chi connectivity index (χ3n) is 5.44. The number of rotatable bonds is 5. The van der Waals surface area contributed by atoms with E-state index in [0.29, 0.717) is 16.9 Å². The number of anilines is 2. The zero-order valence-electron chi connectivity index (χ0n) is 17.0. The van der Waals surface area contributed by atoms with Gasteiger partial charge in [-0.1, -0.05) is 24.3 Å². The Morgan fingerprint density at radius 3 is 2.39 bits per heavy atom. The summed E-state index contributed by atoms with van der Waals surface area (Å²) in [6.07, 6.45) is 1.19. The van der Waals surface area contributed by atoms with Gasteiger partial charge in [-0.25, -0.2) is 0 Å². The first-order valence-corrected chi connectivity index (χ1v) is 9.97. The topological polar surface area (TPSA) is 114 Å². The van der Waals surface area contributed by atoms with Crippen LogP contribution in [-0.2, 0) is 4.74 Å². The van der Waals surface area contributed by atoms with Crippen molar-refractivity contribution in [1.29, 1.82) is 0 Å². The number of ether oxygens (including phenoxy) is 2. The Morgan fingerprint density at radius 2 is 1.71 bits per heavy atom. The number of nitrogens with two attached hydrogens (primary N) is 1. The summed E-state index contributed by atoms with van der Waals surface area (Å²) in [7, 11) is 1.43. The Morgan fingerprint density at radius 1 is 1.03 bits per heavy atom. The van der Waals surface area contributed by atoms with Crippen LogP contribution >= 0.6 is 0 Å². The standard InChI is InChI=1S/C24H24N2O5/c1-30-22-13-16(12-19(27)23(22)28)21-11-10-20(31-21)14-6-8-15(9-7-14)24(29)26-18-5-3-2-4-17(18)25/h2-9,12-13,20-21,27-28H,10-11,25H2,1H3,(H,26,29). The van der Waals surface area contributed by atoms with E-state index in [2.05, 4.69) is 5.32 Å². The Kier molecular flexibility index (Phi) is 5.68. The van der Waals surface area contributed by atoms with Crippen LogP contribution in [-0.4, -0.2) is 23.2 Å². The second kappa shape index (κ2) is 8.57. The van der Waals surface area contributed by atoms with Crippen LogP contribution in [0.5, 0.6) is 17.2 Å². The number of phenolic OH excluding ortho intramolecular Hbond substituents is 2. The van der Waals surface area contributed by atoms with Gasteiger partial charge >= 0.3 is 0 Å². The first-order valence-electron chi connectivity index (χ1n) is 9.97. The van der Waals surface area contributed by atoms with Crippen LogP contribution in [0.1, 0.15) is 46.5 Å². The van der Waals surface area contributed by atoms with E-state index in [9.17, 15) is 15.0 Å². The minimum absolute atomic E-state index is 0.131. The van der Waals surface area contributed by atoms with Gasteiger partial charge in [0.25, 0.3) is 5.91 Å². The van der Waals surface area contributed by atoms with E-state index in [1.54, 1.807) is 30.3 Å². The van der Waals surface area contributed by atoms with E-state index in [1.807, 2.05) is 24.3 Å². The molecule has 2 unspecified atom stereocenters. The Bertz CT molecular complexity index is 1100. The third-order valence-corrected chi connectivity index (χ3v) is 5.44. The molecule has 3 aromatic rings. The largest absolute Gasteiger partial charge is 0.504 e. The maximum absolute atomic E-state index is 12.5. The van der Waals surface area contributed by atoms with Crippen LogP contribution < -0.4 is 15.8 Å². The zero-order valence-corrected chi connectivity index (χ0v) is 17.0. The third kappa shape index (κ3) is 4.27. The number of hydrogen-bond acceptors (Lipinski definition) is 6. The molecule has 1 aliphatic heterocycles. The summed E-state index contributed by atoms with van der Waals surface area (Å²) >= 11 is 0. The number of nitrogens with one attached hydrogen (secondary N) is 1. The van der Waals surface area contributed by atoms with E-state index in [1.165, 1.54) is 13.2 Å². The molecule has 0 radical (unpaired) electrons. The van der Waals surface area contributed by atoms with Crippen molar-refractivity contribution >= 4 is 17.3 Å². The zero-order chi connectivity index (χ0) is 22.0. The van der Waals surface area contributed by atoms with Crippen molar-refractivity contribution in [2.75, 3.05) is 18.2 Å². The summed E-state index contributed by atoms with van der Waals surface area (Å²) in [4.78, 5) is 12.5. The van der Waals surface area contributed by atoms with Crippen molar-refractivity contribution in [1.82, 2.24) is 0 Å². The fourth-order valence-electron chi connectivity index (χ4n) is 3.74. The van der Waals surface area contributed by atoms with Gasteiger partial charge in [-0.05, 0) is 60.4 Å². The van der Waals surface area contributed by atoms with Crippen molar-refractivity contribution in [2.24, 2.45) is 0 Å². The smallest absolute Gasteiger partial charge is 0.255 e. The lowest BCUT2D eigenvalue weighted by Gasteiger charge is -2.16. The Hall–Kier alpha value is -3.71. The van der Waals surface area contributed by atoms with Crippen molar-refractivity contribution in [3.8, 4) is 17.2 Å². The van der Waals surface area contributed by atoms with Gasteiger partial charge in [-0.3, -0.25) is 4.79 Å². The molecule has 1 heterocycles. The van der Waals surface area contributed by atoms with Crippen molar-refractivity contribution in [2.45, 2.75) is 25.0 Å². The molecule has 1 fully saturated rings. The predicted molar refractivity (Wildman–Crippen MR) is 117 cm³/mol. The number of aromatic hydroxyl groups is 2. The highest BCUT2D eigenvalue weighted by Crippen LogP contribution is 2.45. The second-order valence-corrected chi connectivity index (χ2v) is 7.44. The van der Waals surface area contributed by atoms with Crippen molar-refractivity contribution < 1.29 is 24.5 Å². The summed E-state index contributed by atoms with van der Waals surface area (Å²) in [6, 6.07) is 17.6. The van der Waals surface area contributed by atoms with E-state index in [-0.39, 0.29) is 35.4 Å². The molecular weight excluding hydrogens is 396 g/mol. The van der Waals surface area contributed by atoms with Gasteiger partial charge in [0, 0.05) is 5.56 Å². The maximum atomic E-state index is 12.5. The highest BCUT2D eigenvalue weighted by molar-refractivity contribution is 6.05. The van der Waals surface area contributed by atoms with E-state index < -0.39 is 0 Å². The molecule has 0 aliphatic carbocycles. The summed E-state index contributed by atoms with van der Waals surface area (Å²) in [5.41, 5.74) is 9.20. The fraction of sp³-hybridized carbons (Fsp3) is 0.208. The molecule has 1 amide bonds. The molecule has 4 rings (SSSR count). The predicted octanol–water partition coefficient (Wildman–Crippen LogP) is 4.53. The van der Waals surface area contributed by atoms with Crippen molar-refractivity contribution in [3.63, 3.8) is 0 Å². The monoisotopic (exact) mass is 420 g/mol. The van der Waals surface area contributed by atoms with E-state index in [0.717, 1.165) is 24.0 Å². The number of methoxy groups -OCH3 is 1.